The topological polar surface area (TPSA) is 58.0 Å². The monoisotopic (exact) mass is 215 g/mol. The Bertz CT molecular complexity index is 304. The first-order chi connectivity index (χ1) is 6.61. The molecule has 1 atom stereocenters. The summed E-state index contributed by atoms with van der Waals surface area (Å²) in [5.41, 5.74) is 0.833. The summed E-state index contributed by atoms with van der Waals surface area (Å²) in [6.45, 7) is 4.28. The SMILES string of the molecule is Cc1c(Cl)ncnc1NCCC(C)O. The molecule has 0 saturated heterocycles. The first-order valence-electron chi connectivity index (χ1n) is 4.50. The van der Waals surface area contributed by atoms with Crippen LogP contribution in [0.15, 0.2) is 6.33 Å². The Morgan fingerprint density at radius 1 is 1.57 bits per heavy atom. The molecule has 0 aromatic carbocycles. The fourth-order valence-electron chi connectivity index (χ4n) is 1.01. The number of hydrogen-bond donors (Lipinski definition) is 2. The second-order valence-electron chi connectivity index (χ2n) is 3.20. The lowest BCUT2D eigenvalue weighted by Crippen LogP contribution is -2.11. The van der Waals surface area contributed by atoms with Crippen molar-refractivity contribution in [3.05, 3.63) is 17.0 Å². The highest BCUT2D eigenvalue weighted by Gasteiger charge is 2.04. The molecule has 0 aliphatic heterocycles. The van der Waals surface area contributed by atoms with Crippen LogP contribution in [-0.2, 0) is 0 Å². The summed E-state index contributed by atoms with van der Waals surface area (Å²) < 4.78 is 0. The molecule has 5 heteroatoms. The maximum atomic E-state index is 9.06. The van der Waals surface area contributed by atoms with Crippen molar-refractivity contribution in [2.45, 2.75) is 26.4 Å². The Balaban J connectivity index is 2.54. The lowest BCUT2D eigenvalue weighted by Gasteiger charge is -2.09. The third kappa shape index (κ3) is 3.12. The van der Waals surface area contributed by atoms with Gasteiger partial charge in [0.1, 0.15) is 17.3 Å². The van der Waals surface area contributed by atoms with Crippen LogP contribution in [0.5, 0.6) is 0 Å². The number of aromatic nitrogens is 2. The van der Waals surface area contributed by atoms with Gasteiger partial charge in [-0.3, -0.25) is 0 Å². The highest BCUT2D eigenvalue weighted by Crippen LogP contribution is 2.17. The second-order valence-corrected chi connectivity index (χ2v) is 3.56. The fraction of sp³-hybridized carbons (Fsp3) is 0.556. The number of nitrogens with zero attached hydrogens (tertiary/aromatic N) is 2. The molecule has 14 heavy (non-hydrogen) atoms. The van der Waals surface area contributed by atoms with Gasteiger partial charge in [0.05, 0.1) is 6.10 Å². The van der Waals surface area contributed by atoms with Crippen molar-refractivity contribution in [2.75, 3.05) is 11.9 Å². The van der Waals surface area contributed by atoms with Crippen molar-refractivity contribution >= 4 is 17.4 Å². The lowest BCUT2D eigenvalue weighted by atomic mass is 10.3. The normalized spacial score (nSPS) is 12.6. The predicted octanol–water partition coefficient (Wildman–Crippen LogP) is 1.62. The van der Waals surface area contributed by atoms with E-state index < -0.39 is 0 Å². The van der Waals surface area contributed by atoms with Gasteiger partial charge >= 0.3 is 0 Å². The minimum atomic E-state index is -0.305. The molecule has 78 valence electrons. The molecular formula is C9H14ClN3O. The molecule has 0 saturated carbocycles. The smallest absolute Gasteiger partial charge is 0.137 e. The van der Waals surface area contributed by atoms with E-state index in [2.05, 4.69) is 15.3 Å². The van der Waals surface area contributed by atoms with E-state index in [1.807, 2.05) is 6.92 Å². The minimum absolute atomic E-state index is 0.305. The highest BCUT2D eigenvalue weighted by atomic mass is 35.5. The molecule has 2 N–H and O–H groups in total. The van der Waals surface area contributed by atoms with Crippen LogP contribution in [0.3, 0.4) is 0 Å². The van der Waals surface area contributed by atoms with Crippen LogP contribution in [0.25, 0.3) is 0 Å². The molecule has 1 aromatic heterocycles. The Morgan fingerprint density at radius 3 is 2.93 bits per heavy atom. The standard InChI is InChI=1S/C9H14ClN3O/c1-6(14)3-4-11-9-7(2)8(10)12-5-13-9/h5-6,14H,3-4H2,1-2H3,(H,11,12,13). The van der Waals surface area contributed by atoms with Gasteiger partial charge in [0.2, 0.25) is 0 Å². The van der Waals surface area contributed by atoms with E-state index in [1.165, 1.54) is 6.33 Å². The van der Waals surface area contributed by atoms with Gasteiger partial charge in [0.15, 0.2) is 0 Å². The van der Waals surface area contributed by atoms with Gasteiger partial charge < -0.3 is 10.4 Å². The molecule has 1 aromatic rings. The number of aliphatic hydroxyl groups is 1. The first-order valence-corrected chi connectivity index (χ1v) is 4.88. The molecular weight excluding hydrogens is 202 g/mol. The average molecular weight is 216 g/mol. The molecule has 1 heterocycles. The van der Waals surface area contributed by atoms with Gasteiger partial charge in [-0.05, 0) is 20.3 Å². The molecule has 1 unspecified atom stereocenters. The highest BCUT2D eigenvalue weighted by molar-refractivity contribution is 6.30. The number of rotatable bonds is 4. The Morgan fingerprint density at radius 2 is 2.29 bits per heavy atom. The zero-order chi connectivity index (χ0) is 10.6. The first kappa shape index (κ1) is 11.2. The van der Waals surface area contributed by atoms with Crippen molar-refractivity contribution in [2.24, 2.45) is 0 Å². The van der Waals surface area contributed by atoms with E-state index >= 15 is 0 Å². The fourth-order valence-corrected chi connectivity index (χ4v) is 1.14. The summed E-state index contributed by atoms with van der Waals surface area (Å²) in [6.07, 6.45) is 1.79. The number of halogens is 1. The third-order valence-electron chi connectivity index (χ3n) is 1.88. The van der Waals surface area contributed by atoms with E-state index in [0.717, 1.165) is 11.4 Å². The van der Waals surface area contributed by atoms with Gasteiger partial charge in [-0.25, -0.2) is 9.97 Å². The predicted molar refractivity (Wildman–Crippen MR) is 56.6 cm³/mol. The molecule has 0 spiro atoms. The van der Waals surface area contributed by atoms with Gasteiger partial charge in [0, 0.05) is 12.1 Å². The lowest BCUT2D eigenvalue weighted by molar-refractivity contribution is 0.188. The Hall–Kier alpha value is -0.870. The van der Waals surface area contributed by atoms with Crippen molar-refractivity contribution in [3.63, 3.8) is 0 Å². The van der Waals surface area contributed by atoms with Crippen LogP contribution in [0.2, 0.25) is 5.15 Å². The molecule has 0 aliphatic rings. The van der Waals surface area contributed by atoms with E-state index in [0.29, 0.717) is 18.1 Å². The largest absolute Gasteiger partial charge is 0.393 e. The quantitative estimate of drug-likeness (QED) is 0.750. The van der Waals surface area contributed by atoms with Crippen molar-refractivity contribution in [1.29, 1.82) is 0 Å². The molecule has 0 amide bonds. The number of anilines is 1. The average Bonchev–Trinajstić information content (AvgIpc) is 2.12. The van der Waals surface area contributed by atoms with E-state index in [-0.39, 0.29) is 6.10 Å². The van der Waals surface area contributed by atoms with Crippen molar-refractivity contribution < 1.29 is 5.11 Å². The van der Waals surface area contributed by atoms with Gasteiger partial charge in [-0.15, -0.1) is 0 Å². The van der Waals surface area contributed by atoms with E-state index in [1.54, 1.807) is 6.92 Å². The molecule has 0 aliphatic carbocycles. The summed E-state index contributed by atoms with van der Waals surface area (Å²) in [5, 5.41) is 12.6. The summed E-state index contributed by atoms with van der Waals surface area (Å²) >= 11 is 5.81. The Labute approximate surface area is 88.3 Å². The summed E-state index contributed by atoms with van der Waals surface area (Å²) in [6, 6.07) is 0. The zero-order valence-corrected chi connectivity index (χ0v) is 9.04. The van der Waals surface area contributed by atoms with Crippen LogP contribution in [-0.4, -0.2) is 27.7 Å². The van der Waals surface area contributed by atoms with Crippen LogP contribution in [0.1, 0.15) is 18.9 Å². The number of nitrogens with one attached hydrogen (secondary N) is 1. The maximum absolute atomic E-state index is 9.06. The van der Waals surface area contributed by atoms with E-state index in [9.17, 15) is 0 Å². The van der Waals surface area contributed by atoms with Gasteiger partial charge in [0.25, 0.3) is 0 Å². The van der Waals surface area contributed by atoms with Crippen molar-refractivity contribution in [3.8, 4) is 0 Å². The number of hydrogen-bond acceptors (Lipinski definition) is 4. The minimum Gasteiger partial charge on any atom is -0.393 e. The molecule has 4 nitrogen and oxygen atoms in total. The maximum Gasteiger partial charge on any atom is 0.137 e. The summed E-state index contributed by atoms with van der Waals surface area (Å²) in [7, 11) is 0. The second kappa shape index (κ2) is 5.12. The zero-order valence-electron chi connectivity index (χ0n) is 8.29. The van der Waals surface area contributed by atoms with Crippen LogP contribution in [0, 0.1) is 6.92 Å². The Kier molecular flexibility index (Phi) is 4.10. The van der Waals surface area contributed by atoms with E-state index in [4.69, 9.17) is 16.7 Å². The van der Waals surface area contributed by atoms with Crippen LogP contribution >= 0.6 is 11.6 Å². The summed E-state index contributed by atoms with van der Waals surface area (Å²) in [5.74, 6) is 0.727. The molecule has 0 fully saturated rings. The van der Waals surface area contributed by atoms with Gasteiger partial charge in [-0.2, -0.15) is 0 Å². The van der Waals surface area contributed by atoms with Crippen LogP contribution in [0.4, 0.5) is 5.82 Å². The van der Waals surface area contributed by atoms with Crippen molar-refractivity contribution in [1.82, 2.24) is 9.97 Å². The molecule has 1 rings (SSSR count). The third-order valence-corrected chi connectivity index (χ3v) is 2.26. The molecule has 0 bridgehead atoms. The summed E-state index contributed by atoms with van der Waals surface area (Å²) in [4.78, 5) is 7.90. The molecule has 0 radical (unpaired) electrons. The van der Waals surface area contributed by atoms with Gasteiger partial charge in [-0.1, -0.05) is 11.6 Å². The van der Waals surface area contributed by atoms with Crippen LogP contribution < -0.4 is 5.32 Å². The number of aliphatic hydroxyl groups excluding tert-OH is 1.